The molecule has 0 aliphatic heterocycles. The molecule has 6 heteroatoms. The second-order valence-electron chi connectivity index (χ2n) is 7.09. The zero-order valence-electron chi connectivity index (χ0n) is 17.6. The Morgan fingerprint density at radius 2 is 1.66 bits per heavy atom. The van der Waals surface area contributed by atoms with Gasteiger partial charge in [0.1, 0.15) is 5.75 Å². The highest BCUT2D eigenvalue weighted by Gasteiger charge is 2.21. The van der Waals surface area contributed by atoms with Crippen molar-refractivity contribution in [3.05, 3.63) is 65.2 Å². The van der Waals surface area contributed by atoms with Crippen LogP contribution in [0.5, 0.6) is 5.75 Å². The number of carbonyl (C=O) groups is 3. The third kappa shape index (κ3) is 5.91. The van der Waals surface area contributed by atoms with Gasteiger partial charge in [-0.2, -0.15) is 0 Å². The maximum atomic E-state index is 12.8. The number of ketones is 1. The first kappa shape index (κ1) is 22.1. The van der Waals surface area contributed by atoms with E-state index in [1.165, 1.54) is 11.8 Å². The van der Waals surface area contributed by atoms with Crippen molar-refractivity contribution in [1.82, 2.24) is 9.80 Å². The summed E-state index contributed by atoms with van der Waals surface area (Å²) in [5, 5.41) is 0. The van der Waals surface area contributed by atoms with E-state index in [4.69, 9.17) is 4.74 Å². The van der Waals surface area contributed by atoms with Crippen molar-refractivity contribution in [2.24, 2.45) is 0 Å². The van der Waals surface area contributed by atoms with Crippen molar-refractivity contribution in [2.75, 3.05) is 20.6 Å². The summed E-state index contributed by atoms with van der Waals surface area (Å²) in [7, 11) is 3.42. The van der Waals surface area contributed by atoms with Gasteiger partial charge in [0.25, 0.3) is 11.8 Å². The lowest BCUT2D eigenvalue weighted by atomic mass is 10.1. The van der Waals surface area contributed by atoms with Gasteiger partial charge in [-0.1, -0.05) is 24.3 Å². The van der Waals surface area contributed by atoms with Crippen LogP contribution in [-0.2, 0) is 11.3 Å². The fraction of sp³-hybridized carbons (Fsp3) is 0.348. The van der Waals surface area contributed by atoms with Gasteiger partial charge in [0.15, 0.2) is 11.9 Å². The number of rotatable bonds is 8. The Morgan fingerprint density at radius 3 is 2.21 bits per heavy atom. The fourth-order valence-corrected chi connectivity index (χ4v) is 2.88. The lowest BCUT2D eigenvalue weighted by Gasteiger charge is -2.25. The number of hydrogen-bond acceptors (Lipinski definition) is 4. The topological polar surface area (TPSA) is 66.9 Å². The molecule has 0 N–H and O–H groups in total. The Morgan fingerprint density at radius 1 is 1.00 bits per heavy atom. The van der Waals surface area contributed by atoms with Gasteiger partial charge >= 0.3 is 0 Å². The summed E-state index contributed by atoms with van der Waals surface area (Å²) in [5.74, 6) is 0.228. The van der Waals surface area contributed by atoms with Crippen LogP contribution in [0, 0.1) is 0 Å². The maximum Gasteiger partial charge on any atom is 0.263 e. The number of amides is 2. The average Bonchev–Trinajstić information content (AvgIpc) is 2.71. The number of hydrogen-bond donors (Lipinski definition) is 0. The van der Waals surface area contributed by atoms with Crippen molar-refractivity contribution in [2.45, 2.75) is 33.4 Å². The Hall–Kier alpha value is -3.15. The van der Waals surface area contributed by atoms with Gasteiger partial charge in [0, 0.05) is 38.3 Å². The summed E-state index contributed by atoms with van der Waals surface area (Å²) in [5.41, 5.74) is 2.08. The summed E-state index contributed by atoms with van der Waals surface area (Å²) in [6.07, 6.45) is -0.688. The van der Waals surface area contributed by atoms with Gasteiger partial charge in [-0.3, -0.25) is 14.4 Å². The molecule has 2 amide bonds. The summed E-state index contributed by atoms with van der Waals surface area (Å²) in [6.45, 7) is 6.05. The first-order valence-corrected chi connectivity index (χ1v) is 9.60. The number of benzene rings is 2. The van der Waals surface area contributed by atoms with E-state index in [1.807, 2.05) is 19.1 Å². The highest BCUT2D eigenvalue weighted by Crippen LogP contribution is 2.17. The molecule has 0 saturated heterocycles. The number of likely N-dealkylation sites (N-methyl/N-ethyl adjacent to an activating group) is 1. The molecule has 0 spiro atoms. The standard InChI is InChI=1S/C23H28N2O4/c1-6-25(15-18-10-12-19(13-11-18)23(28)24(4)5)22(27)17(3)29-21-9-7-8-20(14-21)16(2)26/h7-14,17H,6,15H2,1-5H3. The van der Waals surface area contributed by atoms with Crippen molar-refractivity contribution in [3.63, 3.8) is 0 Å². The number of ether oxygens (including phenoxy) is 1. The largest absolute Gasteiger partial charge is 0.481 e. The van der Waals surface area contributed by atoms with E-state index < -0.39 is 6.10 Å². The van der Waals surface area contributed by atoms with E-state index in [9.17, 15) is 14.4 Å². The van der Waals surface area contributed by atoms with Gasteiger partial charge in [-0.25, -0.2) is 0 Å². The number of nitrogens with zero attached hydrogens (tertiary/aromatic N) is 2. The van der Waals surface area contributed by atoms with Crippen LogP contribution in [0.2, 0.25) is 0 Å². The first-order chi connectivity index (χ1) is 13.7. The lowest BCUT2D eigenvalue weighted by molar-refractivity contribution is -0.138. The quantitative estimate of drug-likeness (QED) is 0.642. The van der Waals surface area contributed by atoms with Gasteiger partial charge in [0.05, 0.1) is 0 Å². The first-order valence-electron chi connectivity index (χ1n) is 9.60. The highest BCUT2D eigenvalue weighted by atomic mass is 16.5. The smallest absolute Gasteiger partial charge is 0.263 e. The van der Waals surface area contributed by atoms with E-state index in [1.54, 1.807) is 62.3 Å². The molecule has 0 aliphatic rings. The maximum absolute atomic E-state index is 12.8. The number of carbonyl (C=O) groups excluding carboxylic acids is 3. The van der Waals surface area contributed by atoms with Gasteiger partial charge in [0.2, 0.25) is 0 Å². The van der Waals surface area contributed by atoms with E-state index >= 15 is 0 Å². The normalized spacial score (nSPS) is 11.5. The Balaban J connectivity index is 2.05. The molecular formula is C23H28N2O4. The van der Waals surface area contributed by atoms with Gasteiger partial charge in [-0.05, 0) is 50.6 Å². The molecule has 0 aliphatic carbocycles. The molecule has 0 saturated carbocycles. The predicted molar refractivity (Wildman–Crippen MR) is 112 cm³/mol. The van der Waals surface area contributed by atoms with E-state index in [2.05, 4.69) is 0 Å². The molecule has 1 atom stereocenters. The molecule has 0 fully saturated rings. The van der Waals surface area contributed by atoms with Crippen LogP contribution in [0.4, 0.5) is 0 Å². The minimum Gasteiger partial charge on any atom is -0.481 e. The molecule has 2 aromatic carbocycles. The minimum absolute atomic E-state index is 0.0548. The molecule has 6 nitrogen and oxygen atoms in total. The molecule has 29 heavy (non-hydrogen) atoms. The number of Topliss-reactive ketones (excluding diaryl/α,β-unsaturated/α-hetero) is 1. The third-order valence-electron chi connectivity index (χ3n) is 4.58. The lowest BCUT2D eigenvalue weighted by Crippen LogP contribution is -2.40. The zero-order chi connectivity index (χ0) is 21.6. The monoisotopic (exact) mass is 396 g/mol. The molecule has 0 aromatic heterocycles. The Bertz CT molecular complexity index is 875. The van der Waals surface area contributed by atoms with E-state index in [0.717, 1.165) is 5.56 Å². The van der Waals surface area contributed by atoms with Crippen LogP contribution >= 0.6 is 0 Å². The summed E-state index contributed by atoms with van der Waals surface area (Å²) in [6, 6.07) is 14.1. The zero-order valence-corrected chi connectivity index (χ0v) is 17.6. The van der Waals surface area contributed by atoms with Crippen LogP contribution in [0.15, 0.2) is 48.5 Å². The molecule has 2 aromatic rings. The Labute approximate surface area is 172 Å². The summed E-state index contributed by atoms with van der Waals surface area (Å²) in [4.78, 5) is 39.6. The second-order valence-corrected chi connectivity index (χ2v) is 7.09. The molecule has 0 heterocycles. The molecule has 2 rings (SSSR count). The van der Waals surface area contributed by atoms with Crippen LogP contribution in [0.1, 0.15) is 47.1 Å². The van der Waals surface area contributed by atoms with E-state index in [-0.39, 0.29) is 17.6 Å². The Kier molecular flexibility index (Phi) is 7.53. The van der Waals surface area contributed by atoms with Gasteiger partial charge < -0.3 is 14.5 Å². The van der Waals surface area contributed by atoms with E-state index in [0.29, 0.717) is 30.0 Å². The molecule has 0 bridgehead atoms. The molecule has 0 radical (unpaired) electrons. The van der Waals surface area contributed by atoms with Crippen LogP contribution in [-0.4, -0.2) is 54.1 Å². The van der Waals surface area contributed by atoms with Crippen molar-refractivity contribution < 1.29 is 19.1 Å². The van der Waals surface area contributed by atoms with Crippen molar-refractivity contribution >= 4 is 17.6 Å². The second kappa shape index (κ2) is 9.87. The predicted octanol–water partition coefficient (Wildman–Crippen LogP) is 3.41. The third-order valence-corrected chi connectivity index (χ3v) is 4.58. The molecule has 154 valence electrons. The van der Waals surface area contributed by atoms with Gasteiger partial charge in [-0.15, -0.1) is 0 Å². The van der Waals surface area contributed by atoms with Crippen LogP contribution < -0.4 is 4.74 Å². The summed E-state index contributed by atoms with van der Waals surface area (Å²) >= 11 is 0. The van der Waals surface area contributed by atoms with Crippen LogP contribution in [0.25, 0.3) is 0 Å². The van der Waals surface area contributed by atoms with Crippen LogP contribution in [0.3, 0.4) is 0 Å². The summed E-state index contributed by atoms with van der Waals surface area (Å²) < 4.78 is 5.77. The van der Waals surface area contributed by atoms with Crippen molar-refractivity contribution in [3.8, 4) is 5.75 Å². The fourth-order valence-electron chi connectivity index (χ4n) is 2.88. The minimum atomic E-state index is -0.688. The SMILES string of the molecule is CCN(Cc1ccc(C(=O)N(C)C)cc1)C(=O)C(C)Oc1cccc(C(C)=O)c1. The molecule has 1 unspecified atom stereocenters. The highest BCUT2D eigenvalue weighted by molar-refractivity contribution is 5.94. The average molecular weight is 396 g/mol. The van der Waals surface area contributed by atoms with Crippen molar-refractivity contribution in [1.29, 1.82) is 0 Å². The molecular weight excluding hydrogens is 368 g/mol.